The summed E-state index contributed by atoms with van der Waals surface area (Å²) in [6.07, 6.45) is 5.44. The Morgan fingerprint density at radius 2 is 2.29 bits per heavy atom. The number of thioether (sulfide) groups is 1. The van der Waals surface area contributed by atoms with Gasteiger partial charge < -0.3 is 15.7 Å². The Bertz CT molecular complexity index is 405. The molecule has 6 heteroatoms. The molecule has 92 valence electrons. The molecule has 1 aliphatic rings. The molecule has 0 amide bonds. The zero-order chi connectivity index (χ0) is 12.1. The Labute approximate surface area is 104 Å². The molecule has 0 bridgehead atoms. The molecule has 0 unspecified atom stereocenters. The molecule has 5 nitrogen and oxygen atoms in total. The van der Waals surface area contributed by atoms with Crippen molar-refractivity contribution in [3.63, 3.8) is 0 Å². The Hall–Kier alpha value is -1.27. The monoisotopic (exact) mass is 253 g/mol. The standard InChI is InChI=1S/C11H15N3O2S/c12-11(14-15)9-1-4-13-7-10(9)17-8-2-5-16-6-3-8/h1,4,7-8,15H,2-3,5-6H2,(H2,12,14). The molecule has 0 radical (unpaired) electrons. The van der Waals surface area contributed by atoms with E-state index in [0.29, 0.717) is 5.25 Å². The molecule has 1 aliphatic heterocycles. The second-order valence-electron chi connectivity index (χ2n) is 3.79. The molecule has 3 N–H and O–H groups in total. The number of hydrogen-bond donors (Lipinski definition) is 2. The minimum absolute atomic E-state index is 0.127. The van der Waals surface area contributed by atoms with E-state index in [2.05, 4.69) is 10.1 Å². The minimum atomic E-state index is 0.127. The van der Waals surface area contributed by atoms with Gasteiger partial charge in [-0.15, -0.1) is 11.8 Å². The molecule has 1 saturated heterocycles. The summed E-state index contributed by atoms with van der Waals surface area (Å²) < 4.78 is 5.32. The van der Waals surface area contributed by atoms with E-state index in [0.717, 1.165) is 36.5 Å². The molecule has 0 saturated carbocycles. The summed E-state index contributed by atoms with van der Waals surface area (Å²) in [6.45, 7) is 1.60. The van der Waals surface area contributed by atoms with Crippen LogP contribution in [0.5, 0.6) is 0 Å². The molecule has 0 spiro atoms. The van der Waals surface area contributed by atoms with E-state index in [9.17, 15) is 0 Å². The molecular formula is C11H15N3O2S. The highest BCUT2D eigenvalue weighted by Gasteiger charge is 2.17. The van der Waals surface area contributed by atoms with Crippen LogP contribution in [-0.4, -0.2) is 34.5 Å². The molecule has 1 aromatic rings. The molecule has 2 heterocycles. The summed E-state index contributed by atoms with van der Waals surface area (Å²) in [5.74, 6) is 0.127. The van der Waals surface area contributed by atoms with Crippen LogP contribution >= 0.6 is 11.8 Å². The van der Waals surface area contributed by atoms with Crippen LogP contribution in [-0.2, 0) is 4.74 Å². The second kappa shape index (κ2) is 5.88. The fourth-order valence-electron chi connectivity index (χ4n) is 1.71. The molecular weight excluding hydrogens is 238 g/mol. The van der Waals surface area contributed by atoms with Gasteiger partial charge in [0.2, 0.25) is 0 Å². The van der Waals surface area contributed by atoms with Crippen molar-refractivity contribution in [1.29, 1.82) is 0 Å². The zero-order valence-electron chi connectivity index (χ0n) is 9.37. The van der Waals surface area contributed by atoms with Crippen LogP contribution in [0.4, 0.5) is 0 Å². The number of pyridine rings is 1. The highest BCUT2D eigenvalue weighted by molar-refractivity contribution is 8.00. The van der Waals surface area contributed by atoms with Gasteiger partial charge in [-0.25, -0.2) is 0 Å². The summed E-state index contributed by atoms with van der Waals surface area (Å²) in [7, 11) is 0. The van der Waals surface area contributed by atoms with Crippen molar-refractivity contribution in [2.24, 2.45) is 10.9 Å². The molecule has 2 rings (SSSR count). The van der Waals surface area contributed by atoms with Gasteiger partial charge in [0.1, 0.15) is 0 Å². The Kier molecular flexibility index (Phi) is 4.22. The second-order valence-corrected chi connectivity index (χ2v) is 5.13. The average Bonchev–Trinajstić information content (AvgIpc) is 2.40. The lowest BCUT2D eigenvalue weighted by Crippen LogP contribution is -2.19. The van der Waals surface area contributed by atoms with Crippen molar-refractivity contribution >= 4 is 17.6 Å². The molecule has 0 aromatic carbocycles. The summed E-state index contributed by atoms with van der Waals surface area (Å²) in [4.78, 5) is 5.04. The van der Waals surface area contributed by atoms with E-state index in [4.69, 9.17) is 15.7 Å². The highest BCUT2D eigenvalue weighted by Crippen LogP contribution is 2.31. The third kappa shape index (κ3) is 3.10. The average molecular weight is 253 g/mol. The van der Waals surface area contributed by atoms with Crippen LogP contribution < -0.4 is 5.73 Å². The van der Waals surface area contributed by atoms with Gasteiger partial charge >= 0.3 is 0 Å². The number of rotatable bonds is 3. The first-order chi connectivity index (χ1) is 8.31. The van der Waals surface area contributed by atoms with Crippen LogP contribution in [0.15, 0.2) is 28.5 Å². The topological polar surface area (TPSA) is 80.7 Å². The third-order valence-corrected chi connectivity index (χ3v) is 4.01. The van der Waals surface area contributed by atoms with Crippen LogP contribution in [0, 0.1) is 0 Å². The van der Waals surface area contributed by atoms with Gasteiger partial charge in [0.15, 0.2) is 5.84 Å². The molecule has 1 aromatic heterocycles. The van der Waals surface area contributed by atoms with Crippen LogP contribution in [0.3, 0.4) is 0 Å². The van der Waals surface area contributed by atoms with Crippen molar-refractivity contribution in [3.05, 3.63) is 24.0 Å². The highest BCUT2D eigenvalue weighted by atomic mass is 32.2. The maximum Gasteiger partial charge on any atom is 0.171 e. The summed E-state index contributed by atoms with van der Waals surface area (Å²) >= 11 is 1.72. The summed E-state index contributed by atoms with van der Waals surface area (Å²) in [5.41, 5.74) is 6.37. The van der Waals surface area contributed by atoms with Gasteiger partial charge in [-0.1, -0.05) is 5.16 Å². The van der Waals surface area contributed by atoms with Crippen LogP contribution in [0.25, 0.3) is 0 Å². The van der Waals surface area contributed by atoms with E-state index in [1.54, 1.807) is 30.2 Å². The van der Waals surface area contributed by atoms with Gasteiger partial charge in [0, 0.05) is 41.3 Å². The van der Waals surface area contributed by atoms with Gasteiger partial charge in [-0.05, 0) is 18.9 Å². The van der Waals surface area contributed by atoms with E-state index < -0.39 is 0 Å². The normalized spacial score (nSPS) is 18.2. The smallest absolute Gasteiger partial charge is 0.171 e. The Morgan fingerprint density at radius 1 is 1.53 bits per heavy atom. The predicted octanol–water partition coefficient (Wildman–Crippen LogP) is 1.45. The first-order valence-corrected chi connectivity index (χ1v) is 6.35. The van der Waals surface area contributed by atoms with Crippen molar-refractivity contribution < 1.29 is 9.94 Å². The number of ether oxygens (including phenoxy) is 1. The largest absolute Gasteiger partial charge is 0.409 e. The number of hydrogen-bond acceptors (Lipinski definition) is 5. The van der Waals surface area contributed by atoms with E-state index in [1.807, 2.05) is 0 Å². The van der Waals surface area contributed by atoms with E-state index in [-0.39, 0.29) is 5.84 Å². The molecule has 0 aliphatic carbocycles. The SMILES string of the molecule is N/C(=N/O)c1ccncc1SC1CCOCC1. The minimum Gasteiger partial charge on any atom is -0.409 e. The first-order valence-electron chi connectivity index (χ1n) is 5.47. The number of nitrogens with two attached hydrogens (primary N) is 1. The zero-order valence-corrected chi connectivity index (χ0v) is 10.2. The Balaban J connectivity index is 2.14. The fourth-order valence-corrected chi connectivity index (χ4v) is 2.92. The van der Waals surface area contributed by atoms with Gasteiger partial charge in [-0.3, -0.25) is 4.98 Å². The summed E-state index contributed by atoms with van der Waals surface area (Å²) in [5, 5.41) is 12.3. The lowest BCUT2D eigenvalue weighted by atomic mass is 10.2. The molecule has 1 fully saturated rings. The maximum absolute atomic E-state index is 8.73. The molecule has 0 atom stereocenters. The van der Waals surface area contributed by atoms with Crippen molar-refractivity contribution in [2.75, 3.05) is 13.2 Å². The fraction of sp³-hybridized carbons (Fsp3) is 0.455. The first kappa shape index (κ1) is 12.2. The summed E-state index contributed by atoms with van der Waals surface area (Å²) in [6, 6.07) is 1.76. The van der Waals surface area contributed by atoms with Crippen molar-refractivity contribution in [1.82, 2.24) is 4.98 Å². The Morgan fingerprint density at radius 3 is 3.00 bits per heavy atom. The van der Waals surface area contributed by atoms with Crippen LogP contribution in [0.2, 0.25) is 0 Å². The number of nitrogens with zero attached hydrogens (tertiary/aromatic N) is 2. The van der Waals surface area contributed by atoms with E-state index >= 15 is 0 Å². The van der Waals surface area contributed by atoms with Gasteiger partial charge in [-0.2, -0.15) is 0 Å². The lowest BCUT2D eigenvalue weighted by Gasteiger charge is -2.22. The predicted molar refractivity (Wildman–Crippen MR) is 66.4 cm³/mol. The number of aromatic nitrogens is 1. The molecule has 17 heavy (non-hydrogen) atoms. The van der Waals surface area contributed by atoms with Crippen LogP contribution in [0.1, 0.15) is 18.4 Å². The number of amidine groups is 1. The quantitative estimate of drug-likeness (QED) is 0.369. The number of oxime groups is 1. The van der Waals surface area contributed by atoms with Gasteiger partial charge in [0.25, 0.3) is 0 Å². The van der Waals surface area contributed by atoms with Crippen molar-refractivity contribution in [3.8, 4) is 0 Å². The maximum atomic E-state index is 8.73. The van der Waals surface area contributed by atoms with Crippen molar-refractivity contribution in [2.45, 2.75) is 23.0 Å². The van der Waals surface area contributed by atoms with E-state index in [1.165, 1.54) is 0 Å². The van der Waals surface area contributed by atoms with Gasteiger partial charge in [0.05, 0.1) is 0 Å². The third-order valence-electron chi connectivity index (χ3n) is 2.63. The lowest BCUT2D eigenvalue weighted by molar-refractivity contribution is 0.100.